The third-order valence-corrected chi connectivity index (χ3v) is 7.31. The number of Topliss-reactive ketones (excluding diaryl/α,β-unsaturated/α-hetero) is 1. The first-order chi connectivity index (χ1) is 13.5. The average Bonchev–Trinajstić information content (AvgIpc) is 2.89. The highest BCUT2D eigenvalue weighted by Crippen LogP contribution is 2.27. The van der Waals surface area contributed by atoms with Crippen molar-refractivity contribution >= 4 is 21.8 Å². The normalized spacial score (nSPS) is 13.0. The van der Waals surface area contributed by atoms with Gasteiger partial charge in [-0.15, -0.1) is 0 Å². The lowest BCUT2D eigenvalue weighted by atomic mass is 10.0. The van der Waals surface area contributed by atoms with E-state index in [0.717, 1.165) is 0 Å². The SMILES string of the molecule is COC(=O)c1c(C)c(C(=O)C(C)N(C(C)C)S(=O)(=O)c2ccccc2)c(C)n1C. The van der Waals surface area contributed by atoms with Gasteiger partial charge >= 0.3 is 5.97 Å². The van der Waals surface area contributed by atoms with Gasteiger partial charge in [0.2, 0.25) is 10.0 Å². The van der Waals surface area contributed by atoms with E-state index < -0.39 is 28.1 Å². The van der Waals surface area contributed by atoms with Crippen LogP contribution >= 0.6 is 0 Å². The molecule has 1 heterocycles. The van der Waals surface area contributed by atoms with Gasteiger partial charge in [0, 0.05) is 24.3 Å². The van der Waals surface area contributed by atoms with Crippen LogP contribution < -0.4 is 0 Å². The molecule has 1 aromatic carbocycles. The van der Waals surface area contributed by atoms with E-state index in [9.17, 15) is 18.0 Å². The number of nitrogens with zero attached hydrogens (tertiary/aromatic N) is 2. The quantitative estimate of drug-likeness (QED) is 0.507. The molecule has 1 aromatic heterocycles. The summed E-state index contributed by atoms with van der Waals surface area (Å²) < 4.78 is 34.1. The standard InChI is InChI=1S/C21H28N2O5S/c1-13(2)23(29(26,27)17-11-9-8-10-12-17)16(5)20(24)18-14(3)19(21(25)28-7)22(6)15(18)4/h8-13,16H,1-7H3. The Morgan fingerprint density at radius 3 is 2.10 bits per heavy atom. The van der Waals surface area contributed by atoms with Crippen LogP contribution in [0.25, 0.3) is 0 Å². The van der Waals surface area contributed by atoms with Crippen LogP contribution in [0.4, 0.5) is 0 Å². The lowest BCUT2D eigenvalue weighted by Crippen LogP contribution is -2.47. The third kappa shape index (κ3) is 4.00. The molecule has 1 atom stereocenters. The molecule has 0 aliphatic rings. The number of methoxy groups -OCH3 is 1. The number of aromatic nitrogens is 1. The lowest BCUT2D eigenvalue weighted by Gasteiger charge is -2.31. The zero-order chi connectivity index (χ0) is 22.1. The van der Waals surface area contributed by atoms with E-state index in [1.165, 1.54) is 23.5 Å². The summed E-state index contributed by atoms with van der Waals surface area (Å²) in [7, 11) is -0.932. The Bertz CT molecular complexity index is 1020. The third-order valence-electron chi connectivity index (χ3n) is 5.14. The number of rotatable bonds is 7. The first-order valence-electron chi connectivity index (χ1n) is 9.33. The minimum atomic E-state index is -3.89. The molecule has 0 N–H and O–H groups in total. The monoisotopic (exact) mass is 420 g/mol. The van der Waals surface area contributed by atoms with Gasteiger partial charge in [-0.3, -0.25) is 4.79 Å². The van der Waals surface area contributed by atoms with Crippen LogP contribution in [0.5, 0.6) is 0 Å². The molecule has 0 spiro atoms. The van der Waals surface area contributed by atoms with Gasteiger partial charge in [0.25, 0.3) is 0 Å². The maximum atomic E-state index is 13.4. The molecule has 29 heavy (non-hydrogen) atoms. The molecule has 0 radical (unpaired) electrons. The summed E-state index contributed by atoms with van der Waals surface area (Å²) in [5.74, 6) is -0.906. The summed E-state index contributed by atoms with van der Waals surface area (Å²) in [5.41, 5.74) is 1.69. The second kappa shape index (κ2) is 8.51. The van der Waals surface area contributed by atoms with Crippen molar-refractivity contribution in [2.75, 3.05) is 7.11 Å². The number of esters is 1. The number of carbonyl (C=O) groups excluding carboxylic acids is 2. The van der Waals surface area contributed by atoms with Crippen LogP contribution in [0.3, 0.4) is 0 Å². The summed E-state index contributed by atoms with van der Waals surface area (Å²) in [4.78, 5) is 25.7. The predicted octanol–water partition coefficient (Wildman–Crippen LogP) is 3.10. The van der Waals surface area contributed by atoms with Gasteiger partial charge in [-0.1, -0.05) is 18.2 Å². The average molecular weight is 421 g/mol. The molecule has 2 rings (SSSR count). The Balaban J connectivity index is 2.56. The number of sulfonamides is 1. The van der Waals surface area contributed by atoms with Crippen molar-refractivity contribution in [1.29, 1.82) is 0 Å². The predicted molar refractivity (Wildman–Crippen MR) is 111 cm³/mol. The number of ether oxygens (including phenoxy) is 1. The van der Waals surface area contributed by atoms with Crippen molar-refractivity contribution in [3.63, 3.8) is 0 Å². The van der Waals surface area contributed by atoms with Crippen molar-refractivity contribution in [3.8, 4) is 0 Å². The van der Waals surface area contributed by atoms with Crippen LogP contribution in [0.2, 0.25) is 0 Å². The fourth-order valence-corrected chi connectivity index (χ4v) is 5.51. The second-order valence-electron chi connectivity index (χ2n) is 7.27. The molecule has 8 heteroatoms. The van der Waals surface area contributed by atoms with Gasteiger partial charge in [0.1, 0.15) is 5.69 Å². The van der Waals surface area contributed by atoms with E-state index in [2.05, 4.69) is 0 Å². The molecule has 0 aliphatic carbocycles. The number of ketones is 1. The Hall–Kier alpha value is -2.45. The van der Waals surface area contributed by atoms with E-state index in [0.29, 0.717) is 16.8 Å². The van der Waals surface area contributed by atoms with E-state index in [-0.39, 0.29) is 16.4 Å². The first-order valence-corrected chi connectivity index (χ1v) is 10.8. The number of benzene rings is 1. The Morgan fingerprint density at radius 2 is 1.62 bits per heavy atom. The molecule has 0 amide bonds. The minimum Gasteiger partial charge on any atom is -0.464 e. The van der Waals surface area contributed by atoms with E-state index in [4.69, 9.17) is 4.74 Å². The molecular formula is C21H28N2O5S. The number of carbonyl (C=O) groups is 2. The van der Waals surface area contributed by atoms with Crippen molar-refractivity contribution in [3.05, 3.63) is 52.8 Å². The highest BCUT2D eigenvalue weighted by atomic mass is 32.2. The summed E-state index contributed by atoms with van der Waals surface area (Å²) in [6.45, 7) is 8.44. The summed E-state index contributed by atoms with van der Waals surface area (Å²) in [6, 6.07) is 6.65. The van der Waals surface area contributed by atoms with Crippen LogP contribution in [0.1, 0.15) is 52.9 Å². The zero-order valence-electron chi connectivity index (χ0n) is 17.9. The van der Waals surface area contributed by atoms with E-state index in [1.807, 2.05) is 0 Å². The van der Waals surface area contributed by atoms with Gasteiger partial charge in [-0.2, -0.15) is 4.31 Å². The first kappa shape index (κ1) is 22.8. The van der Waals surface area contributed by atoms with Gasteiger partial charge < -0.3 is 9.30 Å². The molecule has 2 aromatic rings. The highest BCUT2D eigenvalue weighted by Gasteiger charge is 2.37. The molecule has 158 valence electrons. The molecule has 0 saturated heterocycles. The summed E-state index contributed by atoms with van der Waals surface area (Å²) >= 11 is 0. The van der Waals surface area contributed by atoms with Crippen LogP contribution in [0, 0.1) is 13.8 Å². The van der Waals surface area contributed by atoms with Crippen LogP contribution in [-0.2, 0) is 21.8 Å². The molecule has 0 saturated carbocycles. The van der Waals surface area contributed by atoms with Crippen molar-refractivity contribution in [1.82, 2.24) is 8.87 Å². The topological polar surface area (TPSA) is 85.7 Å². The number of hydrogen-bond donors (Lipinski definition) is 0. The van der Waals surface area contributed by atoms with Crippen molar-refractivity contribution in [2.45, 2.75) is 51.6 Å². The van der Waals surface area contributed by atoms with E-state index in [1.54, 1.807) is 64.4 Å². The van der Waals surface area contributed by atoms with Crippen LogP contribution in [0.15, 0.2) is 35.2 Å². The van der Waals surface area contributed by atoms with Crippen molar-refractivity contribution < 1.29 is 22.7 Å². The number of hydrogen-bond acceptors (Lipinski definition) is 5. The maximum Gasteiger partial charge on any atom is 0.354 e. The summed E-state index contributed by atoms with van der Waals surface area (Å²) in [5, 5.41) is 0. The Labute approximate surface area is 172 Å². The smallest absolute Gasteiger partial charge is 0.354 e. The summed E-state index contributed by atoms with van der Waals surface area (Å²) in [6.07, 6.45) is 0. The van der Waals surface area contributed by atoms with Gasteiger partial charge in [0.15, 0.2) is 5.78 Å². The molecule has 0 aliphatic heterocycles. The lowest BCUT2D eigenvalue weighted by molar-refractivity contribution is 0.0588. The largest absolute Gasteiger partial charge is 0.464 e. The highest BCUT2D eigenvalue weighted by molar-refractivity contribution is 7.89. The fourth-order valence-electron chi connectivity index (χ4n) is 3.70. The fraction of sp³-hybridized carbons (Fsp3) is 0.429. The van der Waals surface area contributed by atoms with Gasteiger partial charge in [-0.05, 0) is 52.3 Å². The maximum absolute atomic E-state index is 13.4. The molecule has 1 unspecified atom stereocenters. The zero-order valence-corrected chi connectivity index (χ0v) is 18.7. The molecular weight excluding hydrogens is 392 g/mol. The van der Waals surface area contributed by atoms with Gasteiger partial charge in [-0.25, -0.2) is 13.2 Å². The van der Waals surface area contributed by atoms with Crippen molar-refractivity contribution in [2.24, 2.45) is 7.05 Å². The van der Waals surface area contributed by atoms with Crippen LogP contribution in [-0.4, -0.2) is 48.2 Å². The van der Waals surface area contributed by atoms with E-state index >= 15 is 0 Å². The molecule has 7 nitrogen and oxygen atoms in total. The Morgan fingerprint density at radius 1 is 1.07 bits per heavy atom. The Kier molecular flexibility index (Phi) is 6.70. The molecule has 0 fully saturated rings. The molecule has 0 bridgehead atoms. The second-order valence-corrected chi connectivity index (χ2v) is 9.11. The minimum absolute atomic E-state index is 0.130. The van der Waals surface area contributed by atoms with Gasteiger partial charge in [0.05, 0.1) is 18.0 Å².